The number of halogens is 3. The second-order valence-corrected chi connectivity index (χ2v) is 7.07. The first kappa shape index (κ1) is 17.9. The van der Waals surface area contributed by atoms with Gasteiger partial charge in [0.2, 0.25) is 0 Å². The van der Waals surface area contributed by atoms with Crippen molar-refractivity contribution in [2.24, 2.45) is 0 Å². The summed E-state index contributed by atoms with van der Waals surface area (Å²) in [5.74, 6) is 0.292. The molecule has 0 radical (unpaired) electrons. The van der Waals surface area contributed by atoms with Crippen LogP contribution in [-0.4, -0.2) is 26.4 Å². The van der Waals surface area contributed by atoms with Gasteiger partial charge in [0.05, 0.1) is 28.0 Å². The quantitative estimate of drug-likeness (QED) is 0.742. The van der Waals surface area contributed by atoms with Crippen LogP contribution in [0.4, 0.5) is 13.2 Å². The van der Waals surface area contributed by atoms with Gasteiger partial charge in [-0.3, -0.25) is 9.69 Å². The van der Waals surface area contributed by atoms with Crippen molar-refractivity contribution in [1.82, 2.24) is 19.9 Å². The Hall–Kier alpha value is -2.52. The van der Waals surface area contributed by atoms with E-state index >= 15 is 0 Å². The van der Waals surface area contributed by atoms with Gasteiger partial charge >= 0.3 is 6.18 Å². The van der Waals surface area contributed by atoms with E-state index in [2.05, 4.69) is 19.9 Å². The average Bonchev–Trinajstić information content (AvgIpc) is 3.14. The van der Waals surface area contributed by atoms with E-state index in [1.165, 1.54) is 23.5 Å². The number of thiazole rings is 1. The molecule has 140 valence electrons. The van der Waals surface area contributed by atoms with E-state index in [9.17, 15) is 18.0 Å². The second-order valence-electron chi connectivity index (χ2n) is 6.36. The van der Waals surface area contributed by atoms with Gasteiger partial charge in [0.1, 0.15) is 5.82 Å². The van der Waals surface area contributed by atoms with Crippen molar-refractivity contribution in [3.8, 4) is 11.4 Å². The lowest BCUT2D eigenvalue weighted by Crippen LogP contribution is -2.35. The molecule has 5 nitrogen and oxygen atoms in total. The molecule has 0 bridgehead atoms. The van der Waals surface area contributed by atoms with Gasteiger partial charge in [-0.1, -0.05) is 12.1 Å². The van der Waals surface area contributed by atoms with Gasteiger partial charge in [0.25, 0.3) is 5.56 Å². The smallest absolute Gasteiger partial charge is 0.306 e. The SMILES string of the molecule is O=c1[nH]c(-c2ccc(C(F)(F)F)cc2)nc2c1CN(Cc1cscn1)CC2. The molecule has 3 aromatic rings. The van der Waals surface area contributed by atoms with Crippen molar-refractivity contribution >= 4 is 11.3 Å². The molecule has 0 aliphatic carbocycles. The number of fused-ring (bicyclic) bond motifs is 1. The fourth-order valence-corrected chi connectivity index (χ4v) is 3.66. The van der Waals surface area contributed by atoms with Gasteiger partial charge in [-0.05, 0) is 12.1 Å². The first-order chi connectivity index (χ1) is 12.9. The van der Waals surface area contributed by atoms with Crippen LogP contribution >= 0.6 is 11.3 Å². The van der Waals surface area contributed by atoms with Gasteiger partial charge < -0.3 is 4.98 Å². The Bertz CT molecular complexity index is 997. The third kappa shape index (κ3) is 3.79. The average molecular weight is 392 g/mol. The molecule has 1 N–H and O–H groups in total. The van der Waals surface area contributed by atoms with E-state index in [-0.39, 0.29) is 5.56 Å². The zero-order chi connectivity index (χ0) is 19.0. The maximum absolute atomic E-state index is 12.7. The number of benzene rings is 1. The van der Waals surface area contributed by atoms with Crippen LogP contribution in [-0.2, 0) is 25.7 Å². The first-order valence-electron chi connectivity index (χ1n) is 8.29. The van der Waals surface area contributed by atoms with E-state index in [1.807, 2.05) is 5.38 Å². The minimum Gasteiger partial charge on any atom is -0.306 e. The maximum Gasteiger partial charge on any atom is 0.416 e. The number of rotatable bonds is 3. The molecule has 4 rings (SSSR count). The molecular weight excluding hydrogens is 377 g/mol. The third-order valence-electron chi connectivity index (χ3n) is 4.50. The fourth-order valence-electron chi connectivity index (χ4n) is 3.11. The minimum absolute atomic E-state index is 0.252. The van der Waals surface area contributed by atoms with E-state index in [0.29, 0.717) is 42.2 Å². The predicted octanol–water partition coefficient (Wildman–Crippen LogP) is 3.47. The van der Waals surface area contributed by atoms with Crippen LogP contribution < -0.4 is 5.56 Å². The largest absolute Gasteiger partial charge is 0.416 e. The molecule has 0 amide bonds. The predicted molar refractivity (Wildman–Crippen MR) is 95.2 cm³/mol. The van der Waals surface area contributed by atoms with Crippen LogP contribution in [0.15, 0.2) is 40.0 Å². The summed E-state index contributed by atoms with van der Waals surface area (Å²) in [5, 5.41) is 1.98. The van der Waals surface area contributed by atoms with Crippen LogP contribution in [0, 0.1) is 0 Å². The highest BCUT2D eigenvalue weighted by Gasteiger charge is 2.30. The summed E-state index contributed by atoms with van der Waals surface area (Å²) in [5.41, 5.74) is 3.51. The van der Waals surface area contributed by atoms with Crippen molar-refractivity contribution in [2.75, 3.05) is 6.54 Å². The standard InChI is InChI=1S/C18H15F3N4OS/c19-18(20,21)12-3-1-11(2-4-12)16-23-15-5-6-25(7-13-9-27-10-22-13)8-14(15)17(26)24-16/h1-4,9-10H,5-8H2,(H,23,24,26). The lowest BCUT2D eigenvalue weighted by molar-refractivity contribution is -0.137. The minimum atomic E-state index is -4.39. The summed E-state index contributed by atoms with van der Waals surface area (Å²) < 4.78 is 38.1. The summed E-state index contributed by atoms with van der Waals surface area (Å²) in [6, 6.07) is 4.63. The molecule has 1 aliphatic rings. The number of H-pyrrole nitrogens is 1. The van der Waals surface area contributed by atoms with Gasteiger partial charge in [-0.15, -0.1) is 11.3 Å². The van der Waals surface area contributed by atoms with E-state index in [0.717, 1.165) is 24.4 Å². The highest BCUT2D eigenvalue weighted by molar-refractivity contribution is 7.07. The number of hydrogen-bond donors (Lipinski definition) is 1. The molecule has 0 fully saturated rings. The highest BCUT2D eigenvalue weighted by atomic mass is 32.1. The van der Waals surface area contributed by atoms with Crippen molar-refractivity contribution in [3.05, 3.63) is 68.0 Å². The van der Waals surface area contributed by atoms with Crippen molar-refractivity contribution < 1.29 is 13.2 Å². The Balaban J connectivity index is 1.58. The summed E-state index contributed by atoms with van der Waals surface area (Å²) in [4.78, 5) is 26.1. The molecule has 1 aromatic carbocycles. The van der Waals surface area contributed by atoms with Gasteiger partial charge in [0.15, 0.2) is 0 Å². The lowest BCUT2D eigenvalue weighted by atomic mass is 10.1. The zero-order valence-electron chi connectivity index (χ0n) is 14.1. The molecule has 0 saturated heterocycles. The Morgan fingerprint density at radius 1 is 1.22 bits per heavy atom. The molecule has 9 heteroatoms. The molecule has 0 saturated carbocycles. The first-order valence-corrected chi connectivity index (χ1v) is 9.23. The van der Waals surface area contributed by atoms with Crippen molar-refractivity contribution in [1.29, 1.82) is 0 Å². The van der Waals surface area contributed by atoms with Crippen LogP contribution in [0.1, 0.15) is 22.5 Å². The molecule has 27 heavy (non-hydrogen) atoms. The summed E-state index contributed by atoms with van der Waals surface area (Å²) >= 11 is 1.53. The Morgan fingerprint density at radius 3 is 2.67 bits per heavy atom. The molecule has 2 aromatic heterocycles. The second kappa shape index (κ2) is 6.90. The van der Waals surface area contributed by atoms with Crippen molar-refractivity contribution in [2.45, 2.75) is 25.7 Å². The topological polar surface area (TPSA) is 61.9 Å². The number of nitrogens with zero attached hydrogens (tertiary/aromatic N) is 3. The van der Waals surface area contributed by atoms with Crippen LogP contribution in [0.3, 0.4) is 0 Å². The van der Waals surface area contributed by atoms with E-state index in [4.69, 9.17) is 0 Å². The molecule has 1 aliphatic heterocycles. The highest BCUT2D eigenvalue weighted by Crippen LogP contribution is 2.30. The molecule has 3 heterocycles. The summed E-state index contributed by atoms with van der Waals surface area (Å²) in [7, 11) is 0. The molecule has 0 atom stereocenters. The van der Waals surface area contributed by atoms with Crippen molar-refractivity contribution in [3.63, 3.8) is 0 Å². The number of hydrogen-bond acceptors (Lipinski definition) is 5. The Labute approximate surface area is 156 Å². The summed E-state index contributed by atoms with van der Waals surface area (Å²) in [6.07, 6.45) is -3.78. The number of nitrogens with one attached hydrogen (secondary N) is 1. The molecular formula is C18H15F3N4OS. The van der Waals surface area contributed by atoms with Gasteiger partial charge in [-0.2, -0.15) is 13.2 Å². The third-order valence-corrected chi connectivity index (χ3v) is 5.14. The number of aromatic amines is 1. The van der Waals surface area contributed by atoms with E-state index < -0.39 is 11.7 Å². The number of aromatic nitrogens is 3. The summed E-state index contributed by atoms with van der Waals surface area (Å²) in [6.45, 7) is 1.89. The van der Waals surface area contributed by atoms with E-state index in [1.54, 1.807) is 5.51 Å². The Kier molecular flexibility index (Phi) is 4.56. The van der Waals surface area contributed by atoms with Gasteiger partial charge in [-0.25, -0.2) is 9.97 Å². The number of alkyl halides is 3. The maximum atomic E-state index is 12.7. The molecule has 0 unspecified atom stereocenters. The fraction of sp³-hybridized carbons (Fsp3) is 0.278. The van der Waals surface area contributed by atoms with Crippen LogP contribution in [0.5, 0.6) is 0 Å². The lowest BCUT2D eigenvalue weighted by Gasteiger charge is -2.27. The molecule has 0 spiro atoms. The van der Waals surface area contributed by atoms with Crippen LogP contribution in [0.25, 0.3) is 11.4 Å². The van der Waals surface area contributed by atoms with Crippen LogP contribution in [0.2, 0.25) is 0 Å². The van der Waals surface area contributed by atoms with Gasteiger partial charge in [0, 0.05) is 37.0 Å². The zero-order valence-corrected chi connectivity index (χ0v) is 14.9. The Morgan fingerprint density at radius 2 is 2.00 bits per heavy atom. The normalized spacial score (nSPS) is 14.9. The monoisotopic (exact) mass is 392 g/mol.